The van der Waals surface area contributed by atoms with Crippen molar-refractivity contribution in [2.45, 2.75) is 13.5 Å². The molecule has 7 heteroatoms. The van der Waals surface area contributed by atoms with E-state index in [1.807, 2.05) is 80.1 Å². The Kier molecular flexibility index (Phi) is 5.64. The normalized spacial score (nSPS) is 10.7. The van der Waals surface area contributed by atoms with Crippen molar-refractivity contribution in [3.05, 3.63) is 90.4 Å². The number of para-hydroxylation sites is 1. The van der Waals surface area contributed by atoms with Crippen molar-refractivity contribution in [3.8, 4) is 0 Å². The van der Waals surface area contributed by atoms with Gasteiger partial charge in [0, 0.05) is 41.6 Å². The average Bonchev–Trinajstić information content (AvgIpc) is 3.38. The summed E-state index contributed by atoms with van der Waals surface area (Å²) in [5, 5.41) is 8.02. The van der Waals surface area contributed by atoms with Gasteiger partial charge < -0.3 is 20.2 Å². The quantitative estimate of drug-likeness (QED) is 0.329. The van der Waals surface area contributed by atoms with Gasteiger partial charge in [-0.15, -0.1) is 12.4 Å². The van der Waals surface area contributed by atoms with Crippen LogP contribution in [0.3, 0.4) is 0 Å². The zero-order chi connectivity index (χ0) is 20.5. The summed E-state index contributed by atoms with van der Waals surface area (Å²) in [6, 6.07) is 19.5. The van der Waals surface area contributed by atoms with Gasteiger partial charge in [0.2, 0.25) is 0 Å². The minimum Gasteiger partial charge on any atom is -0.346 e. The van der Waals surface area contributed by atoms with E-state index in [2.05, 4.69) is 31.2 Å². The highest BCUT2D eigenvalue weighted by molar-refractivity contribution is 6.06. The number of nitrogens with one attached hydrogen (secondary N) is 3. The van der Waals surface area contributed by atoms with E-state index < -0.39 is 0 Å². The van der Waals surface area contributed by atoms with Crippen LogP contribution in [0, 0.1) is 6.92 Å². The summed E-state index contributed by atoms with van der Waals surface area (Å²) in [7, 11) is 0. The Balaban J connectivity index is 0.00000231. The number of aromatic nitrogens is 3. The van der Waals surface area contributed by atoms with Crippen LogP contribution in [0.25, 0.3) is 21.9 Å². The number of nitrogens with zero attached hydrogens (tertiary/aromatic N) is 2. The monoisotopic (exact) mass is 431 g/mol. The van der Waals surface area contributed by atoms with Gasteiger partial charge in [-0.25, -0.2) is 9.78 Å². The zero-order valence-corrected chi connectivity index (χ0v) is 17.7. The first-order valence-corrected chi connectivity index (χ1v) is 9.81. The summed E-state index contributed by atoms with van der Waals surface area (Å²) in [6.07, 6.45) is 5.78. The average molecular weight is 432 g/mol. The number of benzene rings is 2. The van der Waals surface area contributed by atoms with Crippen molar-refractivity contribution in [1.29, 1.82) is 0 Å². The molecule has 0 aliphatic rings. The molecule has 5 aromatic rings. The third-order valence-corrected chi connectivity index (χ3v) is 5.35. The first-order chi connectivity index (χ1) is 14.7. The molecule has 31 heavy (non-hydrogen) atoms. The number of hydrogen-bond acceptors (Lipinski definition) is 2. The van der Waals surface area contributed by atoms with Crippen LogP contribution in [0.1, 0.15) is 11.1 Å². The Morgan fingerprint density at radius 2 is 1.77 bits per heavy atom. The SMILES string of the molecule is Cc1ccccc1NC(=O)Nc1cccc2c1ccn2Cc1ccnc2[nH]ccc12.Cl. The van der Waals surface area contributed by atoms with Crippen molar-refractivity contribution in [1.82, 2.24) is 14.5 Å². The lowest BCUT2D eigenvalue weighted by molar-refractivity contribution is 0.262. The number of carbonyl (C=O) groups excluding carboxylic acids is 1. The van der Waals surface area contributed by atoms with Crippen LogP contribution in [-0.4, -0.2) is 20.6 Å². The molecule has 0 aliphatic heterocycles. The molecule has 3 heterocycles. The first kappa shape index (κ1) is 20.5. The van der Waals surface area contributed by atoms with E-state index in [-0.39, 0.29) is 18.4 Å². The van der Waals surface area contributed by atoms with Gasteiger partial charge in [-0.2, -0.15) is 0 Å². The maximum absolute atomic E-state index is 12.6. The number of amides is 2. The highest BCUT2D eigenvalue weighted by Crippen LogP contribution is 2.27. The number of rotatable bonds is 4. The lowest BCUT2D eigenvalue weighted by Crippen LogP contribution is -2.20. The van der Waals surface area contributed by atoms with Crippen molar-refractivity contribution >= 4 is 51.7 Å². The molecule has 0 aliphatic carbocycles. The smallest absolute Gasteiger partial charge is 0.323 e. The molecular formula is C24H22ClN5O. The van der Waals surface area contributed by atoms with Crippen LogP contribution in [0.2, 0.25) is 0 Å². The van der Waals surface area contributed by atoms with Gasteiger partial charge in [-0.3, -0.25) is 0 Å². The Hall–Kier alpha value is -3.77. The standard InChI is InChI=1S/C24H21N5O.ClH/c1-16-5-2-3-6-20(16)27-24(30)28-21-7-4-8-22-19(21)11-14-29(22)15-17-9-12-25-23-18(17)10-13-26-23;/h2-14H,15H2,1H3,(H,25,26)(H2,27,28,30);1H. The van der Waals surface area contributed by atoms with E-state index in [1.165, 1.54) is 5.56 Å². The molecule has 0 fully saturated rings. The molecule has 0 saturated heterocycles. The maximum atomic E-state index is 12.6. The molecule has 0 atom stereocenters. The Morgan fingerprint density at radius 1 is 0.968 bits per heavy atom. The van der Waals surface area contributed by atoms with Crippen LogP contribution >= 0.6 is 12.4 Å². The van der Waals surface area contributed by atoms with E-state index in [1.54, 1.807) is 0 Å². The molecule has 6 nitrogen and oxygen atoms in total. The molecular weight excluding hydrogens is 410 g/mol. The highest BCUT2D eigenvalue weighted by Gasteiger charge is 2.11. The second-order valence-corrected chi connectivity index (χ2v) is 7.29. The fourth-order valence-electron chi connectivity index (χ4n) is 3.80. The van der Waals surface area contributed by atoms with Crippen LogP contribution in [0.15, 0.2) is 79.3 Å². The van der Waals surface area contributed by atoms with Gasteiger partial charge in [0.1, 0.15) is 5.65 Å². The van der Waals surface area contributed by atoms with Crippen LogP contribution in [0.5, 0.6) is 0 Å². The number of urea groups is 1. The largest absolute Gasteiger partial charge is 0.346 e. The molecule has 3 aromatic heterocycles. The number of aryl methyl sites for hydroxylation is 1. The van der Waals surface area contributed by atoms with E-state index in [0.717, 1.165) is 45.4 Å². The molecule has 0 bridgehead atoms. The van der Waals surface area contributed by atoms with Gasteiger partial charge in [0.25, 0.3) is 0 Å². The lowest BCUT2D eigenvalue weighted by atomic mass is 10.2. The Morgan fingerprint density at radius 3 is 2.65 bits per heavy atom. The second-order valence-electron chi connectivity index (χ2n) is 7.29. The van der Waals surface area contributed by atoms with Crippen molar-refractivity contribution in [3.63, 3.8) is 0 Å². The molecule has 0 saturated carbocycles. The van der Waals surface area contributed by atoms with E-state index in [4.69, 9.17) is 0 Å². The highest BCUT2D eigenvalue weighted by atomic mass is 35.5. The number of aromatic amines is 1. The molecule has 156 valence electrons. The van der Waals surface area contributed by atoms with Crippen molar-refractivity contribution in [2.24, 2.45) is 0 Å². The number of anilines is 2. The maximum Gasteiger partial charge on any atom is 0.323 e. The van der Waals surface area contributed by atoms with Gasteiger partial charge in [0.15, 0.2) is 0 Å². The zero-order valence-electron chi connectivity index (χ0n) is 16.9. The number of carbonyl (C=O) groups is 1. The molecule has 2 aromatic carbocycles. The molecule has 2 amide bonds. The number of halogens is 1. The Labute approximate surface area is 185 Å². The van der Waals surface area contributed by atoms with E-state index in [0.29, 0.717) is 0 Å². The molecule has 0 unspecified atom stereocenters. The summed E-state index contributed by atoms with van der Waals surface area (Å²) < 4.78 is 2.18. The first-order valence-electron chi connectivity index (χ1n) is 9.81. The molecule has 3 N–H and O–H groups in total. The van der Waals surface area contributed by atoms with Crippen LogP contribution in [0.4, 0.5) is 16.2 Å². The van der Waals surface area contributed by atoms with E-state index >= 15 is 0 Å². The third kappa shape index (κ3) is 3.98. The summed E-state index contributed by atoms with van der Waals surface area (Å²) in [6.45, 7) is 2.69. The summed E-state index contributed by atoms with van der Waals surface area (Å²) >= 11 is 0. The van der Waals surface area contributed by atoms with Crippen molar-refractivity contribution in [2.75, 3.05) is 10.6 Å². The fourth-order valence-corrected chi connectivity index (χ4v) is 3.80. The third-order valence-electron chi connectivity index (χ3n) is 5.35. The molecule has 0 radical (unpaired) electrons. The van der Waals surface area contributed by atoms with Gasteiger partial charge in [0.05, 0.1) is 11.2 Å². The van der Waals surface area contributed by atoms with Crippen LogP contribution < -0.4 is 10.6 Å². The molecule has 5 rings (SSSR count). The summed E-state index contributed by atoms with van der Waals surface area (Å²) in [4.78, 5) is 20.1. The van der Waals surface area contributed by atoms with Gasteiger partial charge >= 0.3 is 6.03 Å². The number of H-pyrrole nitrogens is 1. The van der Waals surface area contributed by atoms with Crippen LogP contribution in [-0.2, 0) is 6.54 Å². The van der Waals surface area contributed by atoms with E-state index in [9.17, 15) is 4.79 Å². The number of hydrogen-bond donors (Lipinski definition) is 3. The summed E-state index contributed by atoms with van der Waals surface area (Å²) in [5.74, 6) is 0. The summed E-state index contributed by atoms with van der Waals surface area (Å²) in [5.41, 5.74) is 5.73. The lowest BCUT2D eigenvalue weighted by Gasteiger charge is -2.11. The minimum atomic E-state index is -0.257. The van der Waals surface area contributed by atoms with Gasteiger partial charge in [-0.05, 0) is 54.4 Å². The van der Waals surface area contributed by atoms with Crippen molar-refractivity contribution < 1.29 is 4.79 Å². The molecule has 0 spiro atoms. The van der Waals surface area contributed by atoms with Gasteiger partial charge in [-0.1, -0.05) is 24.3 Å². The number of pyridine rings is 1. The minimum absolute atomic E-state index is 0. The fraction of sp³-hybridized carbons (Fsp3) is 0.0833. The predicted octanol–water partition coefficient (Wildman–Crippen LogP) is 5.94. The Bertz CT molecular complexity index is 1370. The number of fused-ring (bicyclic) bond motifs is 2. The second kappa shape index (κ2) is 8.53. The predicted molar refractivity (Wildman–Crippen MR) is 128 cm³/mol. The topological polar surface area (TPSA) is 74.7 Å².